The monoisotopic (exact) mass is 149 g/mol. The molecule has 0 atom stereocenters. The third kappa shape index (κ3) is 3.36. The maximum atomic E-state index is 10.8. The predicted octanol–water partition coefficient (Wildman–Crippen LogP) is 1.60. The molecule has 54 valence electrons. The molecule has 0 radical (unpaired) electrons. The van der Waals surface area contributed by atoms with E-state index in [0.29, 0.717) is 0 Å². The molecule has 9 heavy (non-hydrogen) atoms. The Hall–Kier alpha value is -0.240. The SMILES string of the molecule is CC(C)(C)/[N+]([O-])=C/CCl. The van der Waals surface area contributed by atoms with Crippen LogP contribution in [0.2, 0.25) is 0 Å². The molecule has 0 aliphatic rings. The highest BCUT2D eigenvalue weighted by Crippen LogP contribution is 2.03. The highest BCUT2D eigenvalue weighted by molar-refractivity contribution is 6.24. The van der Waals surface area contributed by atoms with E-state index >= 15 is 0 Å². The molecule has 3 heteroatoms. The molecule has 0 aromatic heterocycles. The van der Waals surface area contributed by atoms with Gasteiger partial charge < -0.3 is 5.21 Å². The van der Waals surface area contributed by atoms with Crippen molar-refractivity contribution in [2.24, 2.45) is 0 Å². The zero-order chi connectivity index (χ0) is 7.49. The Morgan fingerprint density at radius 1 is 1.56 bits per heavy atom. The van der Waals surface area contributed by atoms with Gasteiger partial charge in [-0.15, -0.1) is 11.6 Å². The normalized spacial score (nSPS) is 14.0. The quantitative estimate of drug-likeness (QED) is 0.183. The Balaban J connectivity index is 4.03. The van der Waals surface area contributed by atoms with Gasteiger partial charge in [0.05, 0.1) is 0 Å². The number of hydroxylamine groups is 1. The molecule has 0 aromatic carbocycles. The van der Waals surface area contributed by atoms with Gasteiger partial charge in [-0.1, -0.05) is 0 Å². The van der Waals surface area contributed by atoms with Crippen LogP contribution in [-0.4, -0.2) is 22.4 Å². The lowest BCUT2D eigenvalue weighted by molar-refractivity contribution is -0.531. The van der Waals surface area contributed by atoms with Crippen molar-refractivity contribution in [3.63, 3.8) is 0 Å². The molecule has 0 saturated heterocycles. The summed E-state index contributed by atoms with van der Waals surface area (Å²) in [7, 11) is 0. The van der Waals surface area contributed by atoms with Gasteiger partial charge in [-0.3, -0.25) is 0 Å². The van der Waals surface area contributed by atoms with E-state index in [1.807, 2.05) is 20.8 Å². The number of hydrogen-bond acceptors (Lipinski definition) is 1. The van der Waals surface area contributed by atoms with E-state index in [4.69, 9.17) is 11.6 Å². The van der Waals surface area contributed by atoms with Crippen LogP contribution in [-0.2, 0) is 0 Å². The van der Waals surface area contributed by atoms with Gasteiger partial charge in [-0.05, 0) is 0 Å². The maximum Gasteiger partial charge on any atom is 0.166 e. The first-order chi connectivity index (χ1) is 3.98. The Morgan fingerprint density at radius 2 is 2.00 bits per heavy atom. The molecule has 0 unspecified atom stereocenters. The first-order valence-corrected chi connectivity index (χ1v) is 3.37. The fourth-order valence-electron chi connectivity index (χ4n) is 0.337. The van der Waals surface area contributed by atoms with Gasteiger partial charge in [0.15, 0.2) is 11.8 Å². The summed E-state index contributed by atoms with van der Waals surface area (Å²) in [5, 5.41) is 10.8. The molecule has 0 amide bonds. The second kappa shape index (κ2) is 3.06. The van der Waals surface area contributed by atoms with Crippen LogP contribution in [0.25, 0.3) is 0 Å². The molecule has 0 bridgehead atoms. The molecule has 0 spiro atoms. The second-order valence-electron chi connectivity index (χ2n) is 2.83. The van der Waals surface area contributed by atoms with Crippen LogP contribution in [0.1, 0.15) is 20.8 Å². The van der Waals surface area contributed by atoms with E-state index in [9.17, 15) is 5.21 Å². The number of halogens is 1. The van der Waals surface area contributed by atoms with Crippen LogP contribution < -0.4 is 0 Å². The number of rotatable bonds is 1. The molecule has 0 fully saturated rings. The lowest BCUT2D eigenvalue weighted by Gasteiger charge is -2.17. The van der Waals surface area contributed by atoms with E-state index < -0.39 is 0 Å². The predicted molar refractivity (Wildman–Crippen MR) is 40.2 cm³/mol. The molecule has 0 aromatic rings. The van der Waals surface area contributed by atoms with E-state index in [2.05, 4.69) is 0 Å². The maximum absolute atomic E-state index is 10.8. The Labute approximate surface area is 60.7 Å². The minimum absolute atomic E-state index is 0.279. The summed E-state index contributed by atoms with van der Waals surface area (Å²) in [4.78, 5) is 0. The van der Waals surface area contributed by atoms with Crippen LogP contribution >= 0.6 is 11.6 Å². The zero-order valence-electron chi connectivity index (χ0n) is 6.02. The minimum Gasteiger partial charge on any atom is -0.624 e. The lowest BCUT2D eigenvalue weighted by Crippen LogP contribution is -2.29. The molecule has 0 aliphatic carbocycles. The first kappa shape index (κ1) is 8.76. The van der Waals surface area contributed by atoms with Crippen LogP contribution in [0, 0.1) is 5.21 Å². The van der Waals surface area contributed by atoms with Gasteiger partial charge >= 0.3 is 0 Å². The molecule has 0 N–H and O–H groups in total. The number of hydrogen-bond donors (Lipinski definition) is 0. The van der Waals surface area contributed by atoms with E-state index in [1.165, 1.54) is 6.21 Å². The number of alkyl halides is 1. The smallest absolute Gasteiger partial charge is 0.166 e. The molecular weight excluding hydrogens is 138 g/mol. The van der Waals surface area contributed by atoms with Crippen molar-refractivity contribution >= 4 is 17.8 Å². The minimum atomic E-state index is -0.352. The average molecular weight is 150 g/mol. The van der Waals surface area contributed by atoms with Crippen LogP contribution in [0.5, 0.6) is 0 Å². The third-order valence-electron chi connectivity index (χ3n) is 0.896. The highest BCUT2D eigenvalue weighted by Gasteiger charge is 2.16. The summed E-state index contributed by atoms with van der Waals surface area (Å²) < 4.78 is 0.861. The lowest BCUT2D eigenvalue weighted by atomic mass is 10.1. The fourth-order valence-corrected chi connectivity index (χ4v) is 0.462. The Morgan fingerprint density at radius 3 is 2.11 bits per heavy atom. The molecule has 2 nitrogen and oxygen atoms in total. The number of nitrogens with zero attached hydrogens (tertiary/aromatic N) is 1. The topological polar surface area (TPSA) is 26.1 Å². The molecule has 0 aliphatic heterocycles. The van der Waals surface area contributed by atoms with Gasteiger partial charge in [0.2, 0.25) is 0 Å². The summed E-state index contributed by atoms with van der Waals surface area (Å²) >= 11 is 5.31. The average Bonchev–Trinajstić information content (AvgIpc) is 1.64. The summed E-state index contributed by atoms with van der Waals surface area (Å²) in [5.41, 5.74) is -0.352. The zero-order valence-corrected chi connectivity index (χ0v) is 6.77. The Bertz CT molecular complexity index is 115. The van der Waals surface area contributed by atoms with Crippen molar-refractivity contribution < 1.29 is 4.74 Å². The van der Waals surface area contributed by atoms with Crippen molar-refractivity contribution in [1.82, 2.24) is 0 Å². The van der Waals surface area contributed by atoms with E-state index in [1.54, 1.807) is 0 Å². The van der Waals surface area contributed by atoms with Gasteiger partial charge in [-0.2, -0.15) is 0 Å². The van der Waals surface area contributed by atoms with Crippen molar-refractivity contribution in [3.8, 4) is 0 Å². The van der Waals surface area contributed by atoms with Gasteiger partial charge in [0.25, 0.3) is 0 Å². The largest absolute Gasteiger partial charge is 0.624 e. The summed E-state index contributed by atoms with van der Waals surface area (Å²) in [6.45, 7) is 5.51. The summed E-state index contributed by atoms with van der Waals surface area (Å²) in [6.07, 6.45) is 1.42. The van der Waals surface area contributed by atoms with Crippen LogP contribution in [0.3, 0.4) is 0 Å². The Kier molecular flexibility index (Phi) is 2.98. The summed E-state index contributed by atoms with van der Waals surface area (Å²) in [5.74, 6) is 0.279. The van der Waals surface area contributed by atoms with Gasteiger partial charge in [-0.25, -0.2) is 4.74 Å². The van der Waals surface area contributed by atoms with E-state index in [0.717, 1.165) is 4.74 Å². The second-order valence-corrected chi connectivity index (χ2v) is 3.14. The van der Waals surface area contributed by atoms with E-state index in [-0.39, 0.29) is 11.4 Å². The van der Waals surface area contributed by atoms with Crippen LogP contribution in [0.15, 0.2) is 0 Å². The van der Waals surface area contributed by atoms with Crippen molar-refractivity contribution in [3.05, 3.63) is 5.21 Å². The molecule has 0 saturated carbocycles. The van der Waals surface area contributed by atoms with Crippen molar-refractivity contribution in [1.29, 1.82) is 0 Å². The summed E-state index contributed by atoms with van der Waals surface area (Å²) in [6, 6.07) is 0. The highest BCUT2D eigenvalue weighted by atomic mass is 35.5. The van der Waals surface area contributed by atoms with Crippen molar-refractivity contribution in [2.75, 3.05) is 5.88 Å². The van der Waals surface area contributed by atoms with Gasteiger partial charge in [0, 0.05) is 20.8 Å². The first-order valence-electron chi connectivity index (χ1n) is 2.84. The third-order valence-corrected chi connectivity index (χ3v) is 1.03. The standard InChI is InChI=1S/C6H12ClNO/c1-6(2,3)8(9)5-4-7/h5H,4H2,1-3H3/b8-5-. The fraction of sp³-hybridized carbons (Fsp3) is 0.833. The van der Waals surface area contributed by atoms with Crippen molar-refractivity contribution in [2.45, 2.75) is 26.3 Å². The molecule has 0 heterocycles. The molecular formula is C6H12ClNO. The van der Waals surface area contributed by atoms with Crippen LogP contribution in [0.4, 0.5) is 0 Å². The molecule has 0 rings (SSSR count). The van der Waals surface area contributed by atoms with Gasteiger partial charge in [0.1, 0.15) is 5.88 Å².